The van der Waals surface area contributed by atoms with Crippen molar-refractivity contribution >= 4 is 17.9 Å². The third kappa shape index (κ3) is 5.41. The highest BCUT2D eigenvalue weighted by Gasteiger charge is 2.39. The van der Waals surface area contributed by atoms with Gasteiger partial charge in [0.25, 0.3) is 5.91 Å². The number of nitrogens with zero attached hydrogens (tertiary/aromatic N) is 3. The Bertz CT molecular complexity index is 1170. The van der Waals surface area contributed by atoms with Gasteiger partial charge in [0, 0.05) is 57.1 Å². The van der Waals surface area contributed by atoms with E-state index >= 15 is 0 Å². The second-order valence-electron chi connectivity index (χ2n) is 8.68. The summed E-state index contributed by atoms with van der Waals surface area (Å²) in [5.74, 6) is 0.695. The number of amides is 3. The Hall–Kier alpha value is -3.99. The second kappa shape index (κ2) is 11.4. The van der Waals surface area contributed by atoms with E-state index in [0.717, 1.165) is 0 Å². The molecule has 3 heterocycles. The molecule has 198 valence electrons. The molecule has 37 heavy (non-hydrogen) atoms. The Balaban J connectivity index is 1.63. The number of piperazine rings is 1. The molecule has 1 unspecified atom stereocenters. The molecule has 0 spiro atoms. The van der Waals surface area contributed by atoms with Crippen LogP contribution < -0.4 is 14.8 Å². The number of carbonyl (C=O) groups is 3. The SMILES string of the molecule is CCOC(=O)C1=C(CN2CCN(C(=O)c3ccco3)CC2)N(C)C(=O)NC1c1ccc(OC)cc1OC. The number of hydrogen-bond donors (Lipinski definition) is 1. The largest absolute Gasteiger partial charge is 0.497 e. The van der Waals surface area contributed by atoms with Gasteiger partial charge in [-0.15, -0.1) is 0 Å². The number of hydrogen-bond acceptors (Lipinski definition) is 8. The fraction of sp³-hybridized carbons (Fsp3) is 0.423. The fourth-order valence-corrected chi connectivity index (χ4v) is 4.57. The zero-order valence-electron chi connectivity index (χ0n) is 21.5. The number of nitrogens with one attached hydrogen (secondary N) is 1. The first kappa shape index (κ1) is 26.1. The molecule has 0 saturated carbocycles. The summed E-state index contributed by atoms with van der Waals surface area (Å²) >= 11 is 0. The van der Waals surface area contributed by atoms with Gasteiger partial charge in [-0.2, -0.15) is 0 Å². The lowest BCUT2D eigenvalue weighted by Crippen LogP contribution is -2.53. The maximum Gasteiger partial charge on any atom is 0.338 e. The summed E-state index contributed by atoms with van der Waals surface area (Å²) in [5.41, 5.74) is 1.48. The molecule has 1 fully saturated rings. The number of carbonyl (C=O) groups excluding carboxylic acids is 3. The fourth-order valence-electron chi connectivity index (χ4n) is 4.57. The number of urea groups is 1. The number of benzene rings is 1. The first-order chi connectivity index (χ1) is 17.9. The summed E-state index contributed by atoms with van der Waals surface area (Å²) in [6, 6.07) is 7.43. The molecule has 4 rings (SSSR count). The molecular formula is C26H32N4O7. The van der Waals surface area contributed by atoms with Crippen LogP contribution in [0.5, 0.6) is 11.5 Å². The number of methoxy groups -OCH3 is 2. The van der Waals surface area contributed by atoms with Gasteiger partial charge in [-0.25, -0.2) is 9.59 Å². The van der Waals surface area contributed by atoms with Crippen molar-refractivity contribution in [1.29, 1.82) is 0 Å². The molecule has 1 N–H and O–H groups in total. The smallest absolute Gasteiger partial charge is 0.338 e. The molecule has 1 saturated heterocycles. The molecular weight excluding hydrogens is 480 g/mol. The number of rotatable bonds is 8. The number of esters is 1. The molecule has 1 aromatic carbocycles. The summed E-state index contributed by atoms with van der Waals surface area (Å²) in [5, 5.41) is 2.91. The van der Waals surface area contributed by atoms with Gasteiger partial charge in [-0.05, 0) is 31.2 Å². The van der Waals surface area contributed by atoms with E-state index in [1.54, 1.807) is 56.3 Å². The molecule has 1 aromatic heterocycles. The van der Waals surface area contributed by atoms with Gasteiger partial charge >= 0.3 is 12.0 Å². The summed E-state index contributed by atoms with van der Waals surface area (Å²) in [6.07, 6.45) is 1.48. The zero-order chi connectivity index (χ0) is 26.5. The topological polar surface area (TPSA) is 114 Å². The predicted molar refractivity (Wildman–Crippen MR) is 133 cm³/mol. The normalized spacial score (nSPS) is 18.5. The van der Waals surface area contributed by atoms with Crippen LogP contribution in [0.15, 0.2) is 52.3 Å². The number of ether oxygens (including phenoxy) is 3. The molecule has 2 aliphatic rings. The Morgan fingerprint density at radius 1 is 1.11 bits per heavy atom. The highest BCUT2D eigenvalue weighted by Crippen LogP contribution is 2.37. The van der Waals surface area contributed by atoms with Gasteiger partial charge in [0.2, 0.25) is 0 Å². The van der Waals surface area contributed by atoms with Crippen LogP contribution in [0.1, 0.15) is 29.1 Å². The molecule has 0 radical (unpaired) electrons. The van der Waals surface area contributed by atoms with Crippen molar-refractivity contribution in [2.24, 2.45) is 0 Å². The Labute approximate surface area is 215 Å². The van der Waals surface area contributed by atoms with Crippen molar-refractivity contribution in [3.63, 3.8) is 0 Å². The molecule has 11 nitrogen and oxygen atoms in total. The van der Waals surface area contributed by atoms with E-state index in [9.17, 15) is 14.4 Å². The Morgan fingerprint density at radius 2 is 1.86 bits per heavy atom. The molecule has 1 atom stereocenters. The van der Waals surface area contributed by atoms with Crippen LogP contribution in [0, 0.1) is 0 Å². The van der Waals surface area contributed by atoms with E-state index in [-0.39, 0.29) is 18.5 Å². The van der Waals surface area contributed by atoms with Gasteiger partial charge in [-0.1, -0.05) is 0 Å². The van der Waals surface area contributed by atoms with E-state index in [0.29, 0.717) is 66.8 Å². The molecule has 3 amide bonds. The lowest BCUT2D eigenvalue weighted by atomic mass is 9.93. The van der Waals surface area contributed by atoms with Gasteiger partial charge in [0.1, 0.15) is 11.5 Å². The zero-order valence-corrected chi connectivity index (χ0v) is 21.5. The number of likely N-dealkylation sites (N-methyl/N-ethyl adjacent to an activating group) is 1. The molecule has 2 aliphatic heterocycles. The van der Waals surface area contributed by atoms with E-state index in [2.05, 4.69) is 10.2 Å². The minimum absolute atomic E-state index is 0.156. The highest BCUT2D eigenvalue weighted by atomic mass is 16.5. The molecule has 11 heteroatoms. The average molecular weight is 513 g/mol. The van der Waals surface area contributed by atoms with Gasteiger partial charge in [0.15, 0.2) is 5.76 Å². The first-order valence-electron chi connectivity index (χ1n) is 12.1. The van der Waals surface area contributed by atoms with Crippen LogP contribution in [-0.4, -0.2) is 93.2 Å². The maximum atomic E-state index is 13.3. The average Bonchev–Trinajstić information content (AvgIpc) is 3.46. The lowest BCUT2D eigenvalue weighted by Gasteiger charge is -2.39. The molecule has 2 aromatic rings. The highest BCUT2D eigenvalue weighted by molar-refractivity contribution is 5.95. The van der Waals surface area contributed by atoms with Crippen molar-refractivity contribution in [3.8, 4) is 11.5 Å². The summed E-state index contributed by atoms with van der Waals surface area (Å²) < 4.78 is 21.5. The third-order valence-corrected chi connectivity index (χ3v) is 6.59. The monoisotopic (exact) mass is 512 g/mol. The minimum Gasteiger partial charge on any atom is -0.497 e. The van der Waals surface area contributed by atoms with E-state index < -0.39 is 12.0 Å². The quantitative estimate of drug-likeness (QED) is 0.536. The van der Waals surface area contributed by atoms with Crippen LogP contribution in [0.25, 0.3) is 0 Å². The van der Waals surface area contributed by atoms with Crippen molar-refractivity contribution in [2.45, 2.75) is 13.0 Å². The van der Waals surface area contributed by atoms with Crippen molar-refractivity contribution in [1.82, 2.24) is 20.0 Å². The van der Waals surface area contributed by atoms with Crippen LogP contribution in [0.2, 0.25) is 0 Å². The van der Waals surface area contributed by atoms with Crippen LogP contribution in [-0.2, 0) is 9.53 Å². The molecule has 0 bridgehead atoms. The van der Waals surface area contributed by atoms with Crippen molar-refractivity contribution < 1.29 is 33.0 Å². The van der Waals surface area contributed by atoms with Gasteiger partial charge in [0.05, 0.1) is 38.7 Å². The minimum atomic E-state index is -0.777. The predicted octanol–water partition coefficient (Wildman–Crippen LogP) is 2.27. The Morgan fingerprint density at radius 3 is 2.49 bits per heavy atom. The van der Waals surface area contributed by atoms with Crippen molar-refractivity contribution in [3.05, 3.63) is 59.2 Å². The summed E-state index contributed by atoms with van der Waals surface area (Å²) in [4.78, 5) is 44.2. The number of furan rings is 1. The van der Waals surface area contributed by atoms with E-state index in [4.69, 9.17) is 18.6 Å². The standard InChI is InChI=1S/C26H32N4O7/c1-5-36-25(32)22-19(16-29-10-12-30(13-11-29)24(31)20-7-6-14-37-20)28(2)26(33)27-23(22)18-9-8-17(34-3)15-21(18)35-4/h6-9,14-15,23H,5,10-13,16H2,1-4H3,(H,27,33). The van der Waals surface area contributed by atoms with Crippen molar-refractivity contribution in [2.75, 3.05) is 60.6 Å². The van der Waals surface area contributed by atoms with Gasteiger partial charge < -0.3 is 28.8 Å². The summed E-state index contributed by atoms with van der Waals surface area (Å²) in [6.45, 7) is 4.38. The lowest BCUT2D eigenvalue weighted by molar-refractivity contribution is -0.139. The van der Waals surface area contributed by atoms with Crippen LogP contribution in [0.3, 0.4) is 0 Å². The first-order valence-corrected chi connectivity index (χ1v) is 12.1. The van der Waals surface area contributed by atoms with Crippen LogP contribution in [0.4, 0.5) is 4.79 Å². The van der Waals surface area contributed by atoms with E-state index in [1.807, 2.05) is 0 Å². The Kier molecular flexibility index (Phi) is 8.02. The van der Waals surface area contributed by atoms with Crippen LogP contribution >= 0.6 is 0 Å². The third-order valence-electron chi connectivity index (χ3n) is 6.59. The van der Waals surface area contributed by atoms with Gasteiger partial charge in [-0.3, -0.25) is 14.6 Å². The maximum absolute atomic E-state index is 13.3. The molecule has 0 aliphatic carbocycles. The van der Waals surface area contributed by atoms with E-state index in [1.165, 1.54) is 18.3 Å². The summed E-state index contributed by atoms with van der Waals surface area (Å²) in [7, 11) is 4.70. The second-order valence-corrected chi connectivity index (χ2v) is 8.68.